The van der Waals surface area contributed by atoms with Crippen molar-refractivity contribution < 1.29 is 4.79 Å². The maximum atomic E-state index is 10.7. The third kappa shape index (κ3) is 2.83. The molecule has 0 radical (unpaired) electrons. The summed E-state index contributed by atoms with van der Waals surface area (Å²) in [6, 6.07) is 3.55. The van der Waals surface area contributed by atoms with E-state index in [4.69, 9.17) is 5.73 Å². The van der Waals surface area contributed by atoms with E-state index in [1.807, 2.05) is 13.0 Å². The summed E-state index contributed by atoms with van der Waals surface area (Å²) in [6.07, 6.45) is 1.63. The largest absolute Gasteiger partial charge is 0.324 e. The number of rotatable bonds is 2. The maximum Gasteiger partial charge on any atom is 0.222 e. The van der Waals surface area contributed by atoms with Crippen LogP contribution in [0.3, 0.4) is 0 Å². The second kappa shape index (κ2) is 4.00. The van der Waals surface area contributed by atoms with Crippen LogP contribution in [0.15, 0.2) is 18.3 Å². The van der Waals surface area contributed by atoms with Crippen LogP contribution in [0.2, 0.25) is 0 Å². The zero-order chi connectivity index (χ0) is 9.84. The first-order valence-corrected chi connectivity index (χ1v) is 4.08. The van der Waals surface area contributed by atoms with Crippen molar-refractivity contribution in [1.82, 2.24) is 4.98 Å². The highest BCUT2D eigenvalue weighted by Gasteiger charge is 2.01. The van der Waals surface area contributed by atoms with Crippen molar-refractivity contribution in [2.24, 2.45) is 5.73 Å². The summed E-state index contributed by atoms with van der Waals surface area (Å²) in [5, 5.41) is 2.59. The van der Waals surface area contributed by atoms with E-state index in [2.05, 4.69) is 10.3 Å². The molecule has 0 aliphatic rings. The molecule has 0 bridgehead atoms. The standard InChI is InChI=1S/C9H13N3O/c1-6(10)8-3-4-11-9(5-8)12-7(2)13/h3-6H,10H2,1-2H3,(H,11,12,13)/t6-/m0/s1. The summed E-state index contributed by atoms with van der Waals surface area (Å²) >= 11 is 0. The second-order valence-electron chi connectivity index (χ2n) is 2.94. The predicted molar refractivity (Wildman–Crippen MR) is 51.1 cm³/mol. The van der Waals surface area contributed by atoms with E-state index < -0.39 is 0 Å². The molecular weight excluding hydrogens is 166 g/mol. The van der Waals surface area contributed by atoms with Crippen LogP contribution in [0.5, 0.6) is 0 Å². The van der Waals surface area contributed by atoms with Gasteiger partial charge >= 0.3 is 0 Å². The van der Waals surface area contributed by atoms with Gasteiger partial charge in [-0.1, -0.05) is 0 Å². The molecular formula is C9H13N3O. The fourth-order valence-electron chi connectivity index (χ4n) is 0.979. The molecule has 0 spiro atoms. The van der Waals surface area contributed by atoms with Gasteiger partial charge in [0.25, 0.3) is 0 Å². The summed E-state index contributed by atoms with van der Waals surface area (Å²) in [5.41, 5.74) is 6.63. The van der Waals surface area contributed by atoms with Gasteiger partial charge in [-0.2, -0.15) is 0 Å². The average Bonchev–Trinajstić information content (AvgIpc) is 2.03. The van der Waals surface area contributed by atoms with Crippen LogP contribution in [-0.4, -0.2) is 10.9 Å². The number of aromatic nitrogens is 1. The quantitative estimate of drug-likeness (QED) is 0.713. The number of nitrogens with zero attached hydrogens (tertiary/aromatic N) is 1. The summed E-state index contributed by atoms with van der Waals surface area (Å²) < 4.78 is 0. The molecule has 1 atom stereocenters. The van der Waals surface area contributed by atoms with Gasteiger partial charge in [-0.25, -0.2) is 4.98 Å². The lowest BCUT2D eigenvalue weighted by molar-refractivity contribution is -0.114. The summed E-state index contributed by atoms with van der Waals surface area (Å²) in [5.74, 6) is 0.414. The molecule has 13 heavy (non-hydrogen) atoms. The van der Waals surface area contributed by atoms with Crippen molar-refractivity contribution in [3.8, 4) is 0 Å². The van der Waals surface area contributed by atoms with Gasteiger partial charge in [-0.05, 0) is 24.6 Å². The fourth-order valence-corrected chi connectivity index (χ4v) is 0.979. The minimum Gasteiger partial charge on any atom is -0.324 e. The average molecular weight is 179 g/mol. The van der Waals surface area contributed by atoms with Gasteiger partial charge in [0.2, 0.25) is 5.91 Å². The van der Waals surface area contributed by atoms with E-state index in [9.17, 15) is 4.79 Å². The number of anilines is 1. The monoisotopic (exact) mass is 179 g/mol. The Morgan fingerprint density at radius 1 is 1.69 bits per heavy atom. The lowest BCUT2D eigenvalue weighted by atomic mass is 10.1. The maximum absolute atomic E-state index is 10.7. The molecule has 1 aromatic rings. The predicted octanol–water partition coefficient (Wildman–Crippen LogP) is 1.06. The van der Waals surface area contributed by atoms with Crippen molar-refractivity contribution in [2.75, 3.05) is 5.32 Å². The highest BCUT2D eigenvalue weighted by Crippen LogP contribution is 2.12. The van der Waals surface area contributed by atoms with Gasteiger partial charge in [0.15, 0.2) is 0 Å². The smallest absolute Gasteiger partial charge is 0.222 e. The van der Waals surface area contributed by atoms with Crippen molar-refractivity contribution >= 4 is 11.7 Å². The van der Waals surface area contributed by atoms with Gasteiger partial charge in [-0.15, -0.1) is 0 Å². The number of carbonyl (C=O) groups excluding carboxylic acids is 1. The van der Waals surface area contributed by atoms with E-state index in [1.165, 1.54) is 6.92 Å². The lowest BCUT2D eigenvalue weighted by Crippen LogP contribution is -2.10. The molecule has 3 N–H and O–H groups in total. The molecule has 0 saturated carbocycles. The number of hydrogen-bond donors (Lipinski definition) is 2. The first kappa shape index (κ1) is 9.67. The third-order valence-electron chi connectivity index (χ3n) is 1.61. The normalized spacial score (nSPS) is 12.2. The van der Waals surface area contributed by atoms with Crippen LogP contribution in [0.1, 0.15) is 25.5 Å². The fraction of sp³-hybridized carbons (Fsp3) is 0.333. The number of amides is 1. The van der Waals surface area contributed by atoms with Crippen molar-refractivity contribution in [3.05, 3.63) is 23.9 Å². The molecule has 0 saturated heterocycles. The molecule has 4 heteroatoms. The van der Waals surface area contributed by atoms with Crippen molar-refractivity contribution in [2.45, 2.75) is 19.9 Å². The first-order chi connectivity index (χ1) is 6.09. The number of carbonyl (C=O) groups is 1. The van der Waals surface area contributed by atoms with E-state index in [1.54, 1.807) is 12.3 Å². The van der Waals surface area contributed by atoms with Crippen LogP contribution in [0.25, 0.3) is 0 Å². The van der Waals surface area contributed by atoms with Gasteiger partial charge in [0.1, 0.15) is 5.82 Å². The van der Waals surface area contributed by atoms with Gasteiger partial charge in [-0.3, -0.25) is 4.79 Å². The Hall–Kier alpha value is -1.42. The van der Waals surface area contributed by atoms with Crippen LogP contribution in [-0.2, 0) is 4.79 Å². The van der Waals surface area contributed by atoms with E-state index in [0.29, 0.717) is 5.82 Å². The highest BCUT2D eigenvalue weighted by atomic mass is 16.1. The Kier molecular flexibility index (Phi) is 2.97. The SMILES string of the molecule is CC(=O)Nc1cc([C@H](C)N)ccn1. The number of nitrogens with two attached hydrogens (primary N) is 1. The number of hydrogen-bond acceptors (Lipinski definition) is 3. The van der Waals surface area contributed by atoms with Crippen LogP contribution in [0, 0.1) is 0 Å². The van der Waals surface area contributed by atoms with Gasteiger partial charge < -0.3 is 11.1 Å². The summed E-state index contributed by atoms with van der Waals surface area (Å²) in [6.45, 7) is 3.33. The molecule has 70 valence electrons. The van der Waals surface area contributed by atoms with Crippen molar-refractivity contribution in [3.63, 3.8) is 0 Å². The topological polar surface area (TPSA) is 68.0 Å². The molecule has 1 aromatic heterocycles. The molecule has 0 unspecified atom stereocenters. The Bertz CT molecular complexity index is 309. The summed E-state index contributed by atoms with van der Waals surface area (Å²) in [7, 11) is 0. The number of pyridine rings is 1. The molecule has 0 aliphatic carbocycles. The zero-order valence-corrected chi connectivity index (χ0v) is 7.74. The third-order valence-corrected chi connectivity index (χ3v) is 1.61. The van der Waals surface area contributed by atoms with Gasteiger partial charge in [0.05, 0.1) is 0 Å². The minimum absolute atomic E-state index is 0.0458. The van der Waals surface area contributed by atoms with E-state index in [-0.39, 0.29) is 11.9 Å². The molecule has 0 fully saturated rings. The Morgan fingerprint density at radius 3 is 2.92 bits per heavy atom. The van der Waals surface area contributed by atoms with Crippen LogP contribution >= 0.6 is 0 Å². The first-order valence-electron chi connectivity index (χ1n) is 4.08. The second-order valence-corrected chi connectivity index (χ2v) is 2.94. The molecule has 4 nitrogen and oxygen atoms in total. The van der Waals surface area contributed by atoms with Crippen LogP contribution in [0.4, 0.5) is 5.82 Å². The zero-order valence-electron chi connectivity index (χ0n) is 7.74. The van der Waals surface area contributed by atoms with Gasteiger partial charge in [0, 0.05) is 19.2 Å². The lowest BCUT2D eigenvalue weighted by Gasteiger charge is -2.07. The Balaban J connectivity index is 2.85. The minimum atomic E-state index is -0.130. The highest BCUT2D eigenvalue weighted by molar-refractivity contribution is 5.87. The Morgan fingerprint density at radius 2 is 2.38 bits per heavy atom. The molecule has 1 rings (SSSR count). The summed E-state index contributed by atoms with van der Waals surface area (Å²) in [4.78, 5) is 14.7. The molecule has 1 amide bonds. The van der Waals surface area contributed by atoms with Crippen molar-refractivity contribution in [1.29, 1.82) is 0 Å². The molecule has 0 aliphatic heterocycles. The van der Waals surface area contributed by atoms with E-state index in [0.717, 1.165) is 5.56 Å². The van der Waals surface area contributed by atoms with Crippen LogP contribution < -0.4 is 11.1 Å². The Labute approximate surface area is 77.2 Å². The molecule has 0 aromatic carbocycles. The number of nitrogens with one attached hydrogen (secondary N) is 1. The van der Waals surface area contributed by atoms with E-state index >= 15 is 0 Å². The molecule has 1 heterocycles.